The molecule has 0 amide bonds. The quantitative estimate of drug-likeness (QED) is 0.681. The van der Waals surface area contributed by atoms with E-state index >= 15 is 0 Å². The SMILES string of the molecule is Cc1cccc2c1N[C@@H](c1ccsc1)[C@H]([N+](=O)[O-])C2=O. The van der Waals surface area contributed by atoms with Crippen LogP contribution in [0.4, 0.5) is 5.69 Å². The summed E-state index contributed by atoms with van der Waals surface area (Å²) in [7, 11) is 0. The molecule has 1 aliphatic heterocycles. The minimum atomic E-state index is -1.28. The summed E-state index contributed by atoms with van der Waals surface area (Å²) >= 11 is 1.46. The summed E-state index contributed by atoms with van der Waals surface area (Å²) in [5.41, 5.74) is 2.79. The molecule has 102 valence electrons. The second kappa shape index (κ2) is 4.72. The van der Waals surface area contributed by atoms with Gasteiger partial charge in [-0.15, -0.1) is 0 Å². The normalized spacial score (nSPS) is 21.1. The molecule has 0 saturated heterocycles. The lowest BCUT2D eigenvalue weighted by atomic mass is 9.88. The Morgan fingerprint density at radius 2 is 2.15 bits per heavy atom. The highest BCUT2D eigenvalue weighted by Crippen LogP contribution is 2.36. The number of carbonyl (C=O) groups is 1. The molecule has 0 fully saturated rings. The summed E-state index contributed by atoms with van der Waals surface area (Å²) in [5, 5.41) is 18.2. The van der Waals surface area contributed by atoms with Gasteiger partial charge in [0.15, 0.2) is 0 Å². The number of nitrogens with one attached hydrogen (secondary N) is 1. The average molecular weight is 288 g/mol. The van der Waals surface area contributed by atoms with Crippen LogP contribution < -0.4 is 5.32 Å². The van der Waals surface area contributed by atoms with Gasteiger partial charge in [0.1, 0.15) is 6.04 Å². The van der Waals surface area contributed by atoms with Crippen molar-refractivity contribution in [3.63, 3.8) is 0 Å². The van der Waals surface area contributed by atoms with E-state index in [1.807, 2.05) is 29.8 Å². The fourth-order valence-electron chi connectivity index (χ4n) is 2.54. The zero-order chi connectivity index (χ0) is 14.3. The minimum absolute atomic E-state index is 0.401. The molecule has 3 rings (SSSR count). The number of carbonyl (C=O) groups excluding carboxylic acids is 1. The predicted octanol–water partition coefficient (Wildman–Crippen LogP) is 3.05. The molecular weight excluding hydrogens is 276 g/mol. The first kappa shape index (κ1) is 12.8. The van der Waals surface area contributed by atoms with E-state index in [-0.39, 0.29) is 0 Å². The Kier molecular flexibility index (Phi) is 3.02. The van der Waals surface area contributed by atoms with E-state index in [4.69, 9.17) is 0 Å². The Morgan fingerprint density at radius 1 is 1.35 bits per heavy atom. The summed E-state index contributed by atoms with van der Waals surface area (Å²) in [6.07, 6.45) is 0. The number of rotatable bonds is 2. The molecule has 0 bridgehead atoms. The molecule has 2 atom stereocenters. The van der Waals surface area contributed by atoms with E-state index in [1.54, 1.807) is 12.1 Å². The van der Waals surface area contributed by atoms with Crippen LogP contribution in [0.1, 0.15) is 27.5 Å². The van der Waals surface area contributed by atoms with Crippen molar-refractivity contribution >= 4 is 22.8 Å². The number of nitro groups is 1. The number of para-hydroxylation sites is 1. The van der Waals surface area contributed by atoms with Crippen molar-refractivity contribution in [3.05, 3.63) is 61.8 Å². The van der Waals surface area contributed by atoms with Gasteiger partial charge in [-0.3, -0.25) is 14.9 Å². The maximum atomic E-state index is 12.4. The smallest absolute Gasteiger partial charge is 0.298 e. The highest BCUT2D eigenvalue weighted by molar-refractivity contribution is 7.08. The van der Waals surface area contributed by atoms with Gasteiger partial charge in [-0.1, -0.05) is 12.1 Å². The van der Waals surface area contributed by atoms with Crippen LogP contribution in [-0.4, -0.2) is 16.7 Å². The monoisotopic (exact) mass is 288 g/mol. The van der Waals surface area contributed by atoms with Crippen molar-refractivity contribution in [2.45, 2.75) is 19.0 Å². The van der Waals surface area contributed by atoms with Gasteiger partial charge in [-0.05, 0) is 40.9 Å². The second-order valence-electron chi connectivity index (χ2n) is 4.77. The topological polar surface area (TPSA) is 72.2 Å². The number of thiophene rings is 1. The van der Waals surface area contributed by atoms with Gasteiger partial charge < -0.3 is 5.32 Å². The van der Waals surface area contributed by atoms with E-state index in [2.05, 4.69) is 5.32 Å². The lowest BCUT2D eigenvalue weighted by Crippen LogP contribution is -2.43. The molecule has 6 heteroatoms. The van der Waals surface area contributed by atoms with Crippen molar-refractivity contribution in [2.75, 3.05) is 5.32 Å². The summed E-state index contributed by atoms with van der Waals surface area (Å²) in [5.74, 6) is -0.427. The Bertz CT molecular complexity index is 682. The first-order chi connectivity index (χ1) is 9.59. The van der Waals surface area contributed by atoms with Crippen molar-refractivity contribution in [1.82, 2.24) is 0 Å². The minimum Gasteiger partial charge on any atom is -0.371 e. The zero-order valence-electron chi connectivity index (χ0n) is 10.7. The second-order valence-corrected chi connectivity index (χ2v) is 5.55. The highest BCUT2D eigenvalue weighted by atomic mass is 32.1. The van der Waals surface area contributed by atoms with Crippen LogP contribution in [0.3, 0.4) is 0 Å². The summed E-state index contributed by atoms with van der Waals surface area (Å²) in [6, 6.07) is 5.19. The molecular formula is C14H12N2O3S. The third-order valence-corrected chi connectivity index (χ3v) is 4.25. The van der Waals surface area contributed by atoms with E-state index in [1.165, 1.54) is 11.3 Å². The van der Waals surface area contributed by atoms with Crippen molar-refractivity contribution < 1.29 is 9.72 Å². The van der Waals surface area contributed by atoms with Crippen LogP contribution in [0.25, 0.3) is 0 Å². The number of aryl methyl sites for hydroxylation is 1. The molecule has 1 N–H and O–H groups in total. The molecule has 0 radical (unpaired) electrons. The Hall–Kier alpha value is -2.21. The Balaban J connectivity index is 2.15. The molecule has 2 heterocycles. The van der Waals surface area contributed by atoms with Gasteiger partial charge >= 0.3 is 0 Å². The highest BCUT2D eigenvalue weighted by Gasteiger charge is 2.45. The fourth-order valence-corrected chi connectivity index (χ4v) is 3.24. The third-order valence-electron chi connectivity index (χ3n) is 3.55. The molecule has 5 nitrogen and oxygen atoms in total. The zero-order valence-corrected chi connectivity index (χ0v) is 11.5. The van der Waals surface area contributed by atoms with Gasteiger partial charge in [0.25, 0.3) is 6.04 Å². The molecule has 1 aromatic carbocycles. The maximum Gasteiger partial charge on any atom is 0.298 e. The molecule has 2 aromatic rings. The number of nitrogens with zero attached hydrogens (tertiary/aromatic N) is 1. The van der Waals surface area contributed by atoms with Gasteiger partial charge in [0.05, 0.1) is 0 Å². The molecule has 0 unspecified atom stereocenters. The average Bonchev–Trinajstić information content (AvgIpc) is 2.93. The van der Waals surface area contributed by atoms with Crippen molar-refractivity contribution in [3.8, 4) is 0 Å². The maximum absolute atomic E-state index is 12.4. The molecule has 1 aliphatic rings. The van der Waals surface area contributed by atoms with Gasteiger partial charge in [-0.2, -0.15) is 11.3 Å². The number of Topliss-reactive ketones (excluding diaryl/α,β-unsaturated/α-hetero) is 1. The van der Waals surface area contributed by atoms with Crippen LogP contribution in [0, 0.1) is 17.0 Å². The lowest BCUT2D eigenvalue weighted by Gasteiger charge is -2.29. The van der Waals surface area contributed by atoms with Crippen LogP contribution in [0.15, 0.2) is 35.0 Å². The van der Waals surface area contributed by atoms with Gasteiger partial charge in [0, 0.05) is 16.2 Å². The van der Waals surface area contributed by atoms with Crippen LogP contribution in [-0.2, 0) is 0 Å². The number of hydrogen-bond acceptors (Lipinski definition) is 5. The van der Waals surface area contributed by atoms with Crippen molar-refractivity contribution in [1.29, 1.82) is 0 Å². The number of benzene rings is 1. The summed E-state index contributed by atoms with van der Waals surface area (Å²) < 4.78 is 0. The van der Waals surface area contributed by atoms with Crippen LogP contribution in [0.2, 0.25) is 0 Å². The van der Waals surface area contributed by atoms with E-state index in [0.29, 0.717) is 11.3 Å². The first-order valence-electron chi connectivity index (χ1n) is 6.15. The van der Waals surface area contributed by atoms with Gasteiger partial charge in [0.2, 0.25) is 5.78 Å². The van der Waals surface area contributed by atoms with E-state index < -0.39 is 22.8 Å². The number of fused-ring (bicyclic) bond motifs is 1. The van der Waals surface area contributed by atoms with Crippen molar-refractivity contribution in [2.24, 2.45) is 0 Å². The largest absolute Gasteiger partial charge is 0.371 e. The molecule has 1 aromatic heterocycles. The third kappa shape index (κ3) is 1.89. The number of anilines is 1. The predicted molar refractivity (Wildman–Crippen MR) is 77.0 cm³/mol. The summed E-state index contributed by atoms with van der Waals surface area (Å²) in [6.45, 7) is 1.89. The van der Waals surface area contributed by atoms with Crippen LogP contribution >= 0.6 is 11.3 Å². The fraction of sp³-hybridized carbons (Fsp3) is 0.214. The molecule has 0 aliphatic carbocycles. The standard InChI is InChI=1S/C14H12N2O3S/c1-8-3-2-4-10-11(8)15-12(9-5-6-20-7-9)13(14(10)17)16(18)19/h2-7,12-13,15H,1H3/t12-,13-/m0/s1. The lowest BCUT2D eigenvalue weighted by molar-refractivity contribution is -0.508. The van der Waals surface area contributed by atoms with E-state index in [0.717, 1.165) is 11.1 Å². The van der Waals surface area contributed by atoms with Gasteiger partial charge in [-0.25, -0.2) is 0 Å². The van der Waals surface area contributed by atoms with Crippen LogP contribution in [0.5, 0.6) is 0 Å². The number of ketones is 1. The first-order valence-corrected chi connectivity index (χ1v) is 7.10. The Labute approximate surface area is 119 Å². The summed E-state index contributed by atoms with van der Waals surface area (Å²) in [4.78, 5) is 23.3. The molecule has 20 heavy (non-hydrogen) atoms. The molecule has 0 saturated carbocycles. The molecule has 0 spiro atoms. The number of hydrogen-bond donors (Lipinski definition) is 1. The Morgan fingerprint density at radius 3 is 2.80 bits per heavy atom. The van der Waals surface area contributed by atoms with E-state index in [9.17, 15) is 14.9 Å².